The standard InChI is InChI=1S/C54H42N2/c1-2-3-26-45-46-32-29-41(39-20-10-5-11-21-39)36-51(46)54(48-33-30-40(35-49(45)48)38-18-8-4-9-19-38)55(42-22-12-6-13-23-42)44-31-34-53-50(37-44)47-27-16-17-28-52(47)56(53)43-24-14-7-15-25-43/h4-25,27-37H,2-3,26H2,1H3. The molecule has 0 aliphatic heterocycles. The molecule has 1 aromatic heterocycles. The molecule has 0 fully saturated rings. The maximum atomic E-state index is 2.51. The molecule has 0 N–H and O–H groups in total. The van der Waals surface area contributed by atoms with Crippen LogP contribution in [-0.4, -0.2) is 4.57 Å². The highest BCUT2D eigenvalue weighted by atomic mass is 15.1. The van der Waals surface area contributed by atoms with E-state index in [-0.39, 0.29) is 0 Å². The lowest BCUT2D eigenvalue weighted by molar-refractivity contribution is 0.802. The van der Waals surface area contributed by atoms with Crippen molar-refractivity contribution >= 4 is 60.4 Å². The van der Waals surface area contributed by atoms with Gasteiger partial charge < -0.3 is 9.47 Å². The number of anilines is 3. The molecule has 9 aromatic carbocycles. The van der Waals surface area contributed by atoms with Crippen molar-refractivity contribution in [3.63, 3.8) is 0 Å². The summed E-state index contributed by atoms with van der Waals surface area (Å²) in [6, 6.07) is 73.4. The molecule has 56 heavy (non-hydrogen) atoms. The monoisotopic (exact) mass is 718 g/mol. The van der Waals surface area contributed by atoms with Crippen molar-refractivity contribution in [2.24, 2.45) is 0 Å². The zero-order valence-corrected chi connectivity index (χ0v) is 31.6. The Kier molecular flexibility index (Phi) is 8.65. The van der Waals surface area contributed by atoms with Gasteiger partial charge >= 0.3 is 0 Å². The number of benzene rings is 9. The first-order valence-electron chi connectivity index (χ1n) is 19.8. The van der Waals surface area contributed by atoms with Crippen molar-refractivity contribution in [1.29, 1.82) is 0 Å². The fraction of sp³-hybridized carbons (Fsp3) is 0.0741. The highest BCUT2D eigenvalue weighted by Crippen LogP contribution is 2.48. The summed E-state index contributed by atoms with van der Waals surface area (Å²) in [4.78, 5) is 2.51. The van der Waals surface area contributed by atoms with Gasteiger partial charge in [-0.25, -0.2) is 0 Å². The van der Waals surface area contributed by atoms with Crippen LogP contribution in [0, 0.1) is 0 Å². The van der Waals surface area contributed by atoms with Crippen LogP contribution in [0.15, 0.2) is 200 Å². The maximum Gasteiger partial charge on any atom is 0.0618 e. The molecule has 2 nitrogen and oxygen atoms in total. The first kappa shape index (κ1) is 33.7. The lowest BCUT2D eigenvalue weighted by atomic mass is 9.88. The van der Waals surface area contributed by atoms with E-state index in [0.29, 0.717) is 0 Å². The van der Waals surface area contributed by atoms with Crippen LogP contribution < -0.4 is 4.90 Å². The Hall–Kier alpha value is -6.90. The Morgan fingerprint density at radius 1 is 0.393 bits per heavy atom. The van der Waals surface area contributed by atoms with E-state index in [1.807, 2.05) is 0 Å². The van der Waals surface area contributed by atoms with E-state index in [0.717, 1.165) is 36.3 Å². The van der Waals surface area contributed by atoms with Gasteiger partial charge in [0, 0.05) is 38.6 Å². The summed E-state index contributed by atoms with van der Waals surface area (Å²) < 4.78 is 2.39. The number of para-hydroxylation sites is 3. The number of unbranched alkanes of at least 4 members (excludes halogenated alkanes) is 1. The molecule has 0 bridgehead atoms. The van der Waals surface area contributed by atoms with E-state index in [1.165, 1.54) is 76.9 Å². The molecule has 10 aromatic rings. The van der Waals surface area contributed by atoms with Crippen LogP contribution in [0.2, 0.25) is 0 Å². The normalized spacial score (nSPS) is 11.5. The third kappa shape index (κ3) is 5.82. The number of nitrogens with zero attached hydrogens (tertiary/aromatic N) is 2. The predicted octanol–water partition coefficient (Wildman–Crippen LogP) is 15.2. The minimum absolute atomic E-state index is 1.02. The van der Waals surface area contributed by atoms with Gasteiger partial charge in [0.05, 0.1) is 16.7 Å². The second-order valence-electron chi connectivity index (χ2n) is 14.7. The molecule has 0 aliphatic carbocycles. The third-order valence-electron chi connectivity index (χ3n) is 11.4. The number of hydrogen-bond acceptors (Lipinski definition) is 1. The van der Waals surface area contributed by atoms with Crippen LogP contribution in [0.25, 0.3) is 71.3 Å². The van der Waals surface area contributed by atoms with E-state index in [2.05, 4.69) is 217 Å². The van der Waals surface area contributed by atoms with Crippen molar-refractivity contribution in [1.82, 2.24) is 4.57 Å². The van der Waals surface area contributed by atoms with Crippen molar-refractivity contribution in [3.8, 4) is 27.9 Å². The van der Waals surface area contributed by atoms with Crippen LogP contribution in [0.4, 0.5) is 17.1 Å². The first-order valence-corrected chi connectivity index (χ1v) is 19.8. The average molecular weight is 719 g/mol. The summed E-state index contributed by atoms with van der Waals surface area (Å²) in [5, 5.41) is 7.61. The minimum Gasteiger partial charge on any atom is -0.309 e. The zero-order chi connectivity index (χ0) is 37.4. The Morgan fingerprint density at radius 3 is 1.64 bits per heavy atom. The fourth-order valence-electron chi connectivity index (χ4n) is 8.72. The molecular formula is C54H42N2. The predicted molar refractivity (Wildman–Crippen MR) is 240 cm³/mol. The maximum absolute atomic E-state index is 2.51. The van der Waals surface area contributed by atoms with E-state index < -0.39 is 0 Å². The Balaban J connectivity index is 1.31. The van der Waals surface area contributed by atoms with Crippen LogP contribution in [0.5, 0.6) is 0 Å². The quantitative estimate of drug-likeness (QED) is 0.135. The van der Waals surface area contributed by atoms with Crippen molar-refractivity contribution < 1.29 is 0 Å². The topological polar surface area (TPSA) is 8.17 Å². The van der Waals surface area contributed by atoms with Crippen molar-refractivity contribution in [3.05, 3.63) is 206 Å². The number of aromatic nitrogens is 1. The molecule has 0 radical (unpaired) electrons. The summed E-state index contributed by atoms with van der Waals surface area (Å²) >= 11 is 0. The van der Waals surface area contributed by atoms with Gasteiger partial charge in [-0.3, -0.25) is 0 Å². The molecule has 0 spiro atoms. The molecular weight excluding hydrogens is 677 g/mol. The summed E-state index contributed by atoms with van der Waals surface area (Å²) in [5.41, 5.74) is 13.3. The molecule has 10 rings (SSSR count). The molecule has 1 heterocycles. The minimum atomic E-state index is 1.02. The molecule has 0 unspecified atom stereocenters. The molecule has 0 aliphatic rings. The van der Waals surface area contributed by atoms with Crippen LogP contribution >= 0.6 is 0 Å². The molecule has 0 atom stereocenters. The van der Waals surface area contributed by atoms with Gasteiger partial charge in [-0.05, 0) is 112 Å². The first-order chi connectivity index (χ1) is 27.8. The lowest BCUT2D eigenvalue weighted by Gasteiger charge is -2.30. The summed E-state index contributed by atoms with van der Waals surface area (Å²) in [7, 11) is 0. The Labute approximate surface area is 328 Å². The Bertz CT molecular complexity index is 2980. The van der Waals surface area contributed by atoms with E-state index in [1.54, 1.807) is 0 Å². The molecule has 0 saturated heterocycles. The third-order valence-corrected chi connectivity index (χ3v) is 11.4. The zero-order valence-electron chi connectivity index (χ0n) is 31.6. The van der Waals surface area contributed by atoms with Crippen molar-refractivity contribution in [2.45, 2.75) is 26.2 Å². The highest BCUT2D eigenvalue weighted by Gasteiger charge is 2.24. The van der Waals surface area contributed by atoms with E-state index >= 15 is 0 Å². The van der Waals surface area contributed by atoms with Crippen LogP contribution in [-0.2, 0) is 6.42 Å². The van der Waals surface area contributed by atoms with Gasteiger partial charge in [-0.15, -0.1) is 0 Å². The number of aryl methyl sites for hydroxylation is 1. The van der Waals surface area contributed by atoms with Gasteiger partial charge in [0.1, 0.15) is 0 Å². The van der Waals surface area contributed by atoms with E-state index in [4.69, 9.17) is 0 Å². The Morgan fingerprint density at radius 2 is 0.964 bits per heavy atom. The van der Waals surface area contributed by atoms with Gasteiger partial charge in [-0.2, -0.15) is 0 Å². The summed E-state index contributed by atoms with van der Waals surface area (Å²) in [5.74, 6) is 0. The smallest absolute Gasteiger partial charge is 0.0618 e. The van der Waals surface area contributed by atoms with Gasteiger partial charge in [0.2, 0.25) is 0 Å². The molecule has 0 saturated carbocycles. The lowest BCUT2D eigenvalue weighted by Crippen LogP contribution is -2.12. The second kappa shape index (κ2) is 14.4. The highest BCUT2D eigenvalue weighted by molar-refractivity contribution is 6.18. The molecule has 0 amide bonds. The second-order valence-corrected chi connectivity index (χ2v) is 14.7. The van der Waals surface area contributed by atoms with Crippen molar-refractivity contribution in [2.75, 3.05) is 4.90 Å². The number of fused-ring (bicyclic) bond motifs is 5. The van der Waals surface area contributed by atoms with Crippen LogP contribution in [0.1, 0.15) is 25.3 Å². The van der Waals surface area contributed by atoms with Crippen LogP contribution in [0.3, 0.4) is 0 Å². The fourth-order valence-corrected chi connectivity index (χ4v) is 8.72. The molecule has 268 valence electrons. The molecule has 2 heteroatoms. The SMILES string of the molecule is CCCCc1c2cc(-c3ccccc3)ccc2c(N(c2ccccc2)c2ccc3c(c2)c2ccccc2n3-c2ccccc2)c2cc(-c3ccccc3)ccc12. The van der Waals surface area contributed by atoms with Gasteiger partial charge in [0.15, 0.2) is 0 Å². The largest absolute Gasteiger partial charge is 0.309 e. The average Bonchev–Trinajstić information content (AvgIpc) is 3.60. The van der Waals surface area contributed by atoms with Gasteiger partial charge in [-0.1, -0.05) is 153 Å². The summed E-state index contributed by atoms with van der Waals surface area (Å²) in [6.07, 6.45) is 3.28. The summed E-state index contributed by atoms with van der Waals surface area (Å²) in [6.45, 7) is 2.30. The van der Waals surface area contributed by atoms with Gasteiger partial charge in [0.25, 0.3) is 0 Å². The van der Waals surface area contributed by atoms with E-state index in [9.17, 15) is 0 Å². The number of rotatable bonds is 9. The number of hydrogen-bond donors (Lipinski definition) is 0.